The predicted molar refractivity (Wildman–Crippen MR) is 297 cm³/mol. The number of carbonyl (C=O) groups is 3. The van der Waals surface area contributed by atoms with Gasteiger partial charge in [0.2, 0.25) is 0 Å². The van der Waals surface area contributed by atoms with Crippen molar-refractivity contribution in [3.05, 3.63) is 109 Å². The second-order valence-corrected chi connectivity index (χ2v) is 18.4. The minimum atomic E-state index is -0.818. The maximum atomic E-state index is 12.8. The van der Waals surface area contributed by atoms with Crippen molar-refractivity contribution in [2.24, 2.45) is 0 Å². The standard InChI is InChI=1S/C63H104O6/c1-4-7-10-13-16-19-22-25-28-30-31-33-36-38-41-44-47-50-53-56-62(65)68-59-60(69-63(66)57-54-51-48-45-42-39-34-27-24-21-18-15-12-9-6-3)58-67-61(64)55-52-49-46-43-40-37-35-32-29-26-23-20-17-14-11-8-5-2/h7,9-10,12,16,18-19,21,25,27-28,31,33-34,38,41,47,50,60H,4-6,8,11,13-15,17,20,22-24,26,29-30,32,35-37,39-40,42-46,48-49,51-59H2,1-3H3/b10-7-,12-9-,19-16-,21-18-,28-25-,33-31-,34-27-,41-38-,50-47-/t60-/m0/s1. The van der Waals surface area contributed by atoms with E-state index in [0.29, 0.717) is 19.3 Å². The minimum Gasteiger partial charge on any atom is -0.462 e. The fraction of sp³-hybridized carbons (Fsp3) is 0.667. The monoisotopic (exact) mass is 957 g/mol. The smallest absolute Gasteiger partial charge is 0.306 e. The molecule has 0 aromatic carbocycles. The van der Waals surface area contributed by atoms with E-state index in [1.165, 1.54) is 89.9 Å². The van der Waals surface area contributed by atoms with E-state index >= 15 is 0 Å². The van der Waals surface area contributed by atoms with Crippen LogP contribution in [0.25, 0.3) is 0 Å². The third-order valence-electron chi connectivity index (χ3n) is 11.8. The summed E-state index contributed by atoms with van der Waals surface area (Å²) in [6.45, 7) is 6.34. The van der Waals surface area contributed by atoms with E-state index in [1.54, 1.807) is 0 Å². The lowest BCUT2D eigenvalue weighted by Crippen LogP contribution is -2.30. The Hall–Kier alpha value is -3.93. The number of unbranched alkanes of at least 4 members (excludes halogenated alkanes) is 21. The van der Waals surface area contributed by atoms with Crippen LogP contribution in [-0.4, -0.2) is 37.2 Å². The Morgan fingerprint density at radius 1 is 0.304 bits per heavy atom. The van der Waals surface area contributed by atoms with E-state index in [0.717, 1.165) is 116 Å². The molecule has 0 rings (SSSR count). The van der Waals surface area contributed by atoms with Crippen molar-refractivity contribution < 1.29 is 28.6 Å². The van der Waals surface area contributed by atoms with Crippen LogP contribution in [0.5, 0.6) is 0 Å². The highest BCUT2D eigenvalue weighted by Crippen LogP contribution is 2.15. The molecule has 0 saturated carbocycles. The number of ether oxygens (including phenoxy) is 3. The fourth-order valence-corrected chi connectivity index (χ4v) is 7.60. The third-order valence-corrected chi connectivity index (χ3v) is 11.8. The number of carbonyl (C=O) groups excluding carboxylic acids is 3. The average Bonchev–Trinajstić information content (AvgIpc) is 3.35. The lowest BCUT2D eigenvalue weighted by atomic mass is 10.0. The Morgan fingerprint density at radius 3 is 0.971 bits per heavy atom. The first kappa shape index (κ1) is 65.1. The van der Waals surface area contributed by atoms with Crippen LogP contribution in [0.1, 0.15) is 252 Å². The zero-order chi connectivity index (χ0) is 50.0. The summed E-state index contributed by atoms with van der Waals surface area (Å²) >= 11 is 0. The highest BCUT2D eigenvalue weighted by molar-refractivity contribution is 5.71. The van der Waals surface area contributed by atoms with Crippen molar-refractivity contribution in [1.29, 1.82) is 0 Å². The van der Waals surface area contributed by atoms with Crippen molar-refractivity contribution in [3.63, 3.8) is 0 Å². The van der Waals surface area contributed by atoms with Crippen LogP contribution in [0.15, 0.2) is 109 Å². The first-order valence-electron chi connectivity index (χ1n) is 28.4. The van der Waals surface area contributed by atoms with Gasteiger partial charge in [-0.3, -0.25) is 14.4 Å². The van der Waals surface area contributed by atoms with Gasteiger partial charge in [0.25, 0.3) is 0 Å². The second kappa shape index (κ2) is 56.7. The van der Waals surface area contributed by atoms with Gasteiger partial charge in [-0.1, -0.05) is 252 Å². The number of rotatable bonds is 50. The van der Waals surface area contributed by atoms with Crippen LogP contribution < -0.4 is 0 Å². The molecule has 6 heteroatoms. The molecular formula is C63H104O6. The molecule has 0 heterocycles. The number of esters is 3. The number of hydrogen-bond acceptors (Lipinski definition) is 6. The van der Waals surface area contributed by atoms with E-state index in [-0.39, 0.29) is 37.5 Å². The summed E-state index contributed by atoms with van der Waals surface area (Å²) in [4.78, 5) is 38.1. The second-order valence-electron chi connectivity index (χ2n) is 18.4. The molecule has 0 unspecified atom stereocenters. The van der Waals surface area contributed by atoms with Gasteiger partial charge in [0.1, 0.15) is 13.2 Å². The molecule has 0 radical (unpaired) electrons. The molecule has 0 aromatic heterocycles. The number of allylic oxidation sites excluding steroid dienone is 18. The lowest BCUT2D eigenvalue weighted by Gasteiger charge is -2.18. The molecule has 0 aromatic rings. The molecule has 0 aliphatic rings. The van der Waals surface area contributed by atoms with E-state index in [2.05, 4.69) is 124 Å². The molecule has 0 aliphatic heterocycles. The van der Waals surface area contributed by atoms with Crippen LogP contribution in [0.3, 0.4) is 0 Å². The van der Waals surface area contributed by atoms with Gasteiger partial charge in [-0.05, 0) is 89.9 Å². The van der Waals surface area contributed by atoms with Gasteiger partial charge >= 0.3 is 17.9 Å². The van der Waals surface area contributed by atoms with Crippen LogP contribution in [0.2, 0.25) is 0 Å². The summed E-state index contributed by atoms with van der Waals surface area (Å²) in [5, 5.41) is 0. The molecule has 0 aliphatic carbocycles. The molecule has 0 bridgehead atoms. The Labute approximate surface area is 425 Å². The van der Waals surface area contributed by atoms with Crippen molar-refractivity contribution >= 4 is 17.9 Å². The van der Waals surface area contributed by atoms with Crippen LogP contribution in [0, 0.1) is 0 Å². The summed E-state index contributed by atoms with van der Waals surface area (Å²) < 4.78 is 16.8. The molecule has 69 heavy (non-hydrogen) atoms. The van der Waals surface area contributed by atoms with Gasteiger partial charge < -0.3 is 14.2 Å². The molecule has 1 atom stereocenters. The van der Waals surface area contributed by atoms with Crippen molar-refractivity contribution in [3.8, 4) is 0 Å². The van der Waals surface area contributed by atoms with Gasteiger partial charge in [0, 0.05) is 19.3 Å². The maximum Gasteiger partial charge on any atom is 0.306 e. The zero-order valence-corrected chi connectivity index (χ0v) is 44.8. The number of hydrogen-bond donors (Lipinski definition) is 0. The Morgan fingerprint density at radius 2 is 0.594 bits per heavy atom. The Balaban J connectivity index is 4.51. The highest BCUT2D eigenvalue weighted by atomic mass is 16.6. The SMILES string of the molecule is CC/C=C\C/C=C\C/C=C\C/C=C\C/C=C\C/C=C\CCC(=O)OC[C@H](COC(=O)CCCCCCCCCCCCCCCCCCC)OC(=O)CCCCCCC/C=C\C/C=C\C/C=C\CC. The third kappa shape index (κ3) is 54.9. The van der Waals surface area contributed by atoms with Gasteiger partial charge in [-0.25, -0.2) is 0 Å². The minimum absolute atomic E-state index is 0.108. The molecule has 0 amide bonds. The first-order chi connectivity index (χ1) is 34.0. The largest absolute Gasteiger partial charge is 0.462 e. The Kier molecular flexibility index (Phi) is 53.4. The van der Waals surface area contributed by atoms with Gasteiger partial charge in [0.15, 0.2) is 6.10 Å². The molecular weight excluding hydrogens is 853 g/mol. The summed E-state index contributed by atoms with van der Waals surface area (Å²) in [6, 6.07) is 0. The average molecular weight is 958 g/mol. The summed E-state index contributed by atoms with van der Waals surface area (Å²) in [5.74, 6) is -1.01. The van der Waals surface area contributed by atoms with E-state index in [1.807, 2.05) is 6.08 Å². The van der Waals surface area contributed by atoms with Crippen LogP contribution in [0.4, 0.5) is 0 Å². The van der Waals surface area contributed by atoms with E-state index in [9.17, 15) is 14.4 Å². The van der Waals surface area contributed by atoms with Crippen molar-refractivity contribution in [1.82, 2.24) is 0 Å². The zero-order valence-electron chi connectivity index (χ0n) is 44.8. The van der Waals surface area contributed by atoms with Gasteiger partial charge in [-0.15, -0.1) is 0 Å². The lowest BCUT2D eigenvalue weighted by molar-refractivity contribution is -0.166. The molecule has 0 fully saturated rings. The quantitative estimate of drug-likeness (QED) is 0.0262. The van der Waals surface area contributed by atoms with Gasteiger partial charge in [-0.2, -0.15) is 0 Å². The van der Waals surface area contributed by atoms with Crippen molar-refractivity contribution in [2.45, 2.75) is 258 Å². The molecule has 392 valence electrons. The van der Waals surface area contributed by atoms with Crippen molar-refractivity contribution in [2.75, 3.05) is 13.2 Å². The maximum absolute atomic E-state index is 12.8. The van der Waals surface area contributed by atoms with Gasteiger partial charge in [0.05, 0.1) is 0 Å². The summed E-state index contributed by atoms with van der Waals surface area (Å²) in [6.07, 6.45) is 76.6. The highest BCUT2D eigenvalue weighted by Gasteiger charge is 2.19. The van der Waals surface area contributed by atoms with Crippen LogP contribution in [-0.2, 0) is 28.6 Å². The molecule has 0 N–H and O–H groups in total. The normalized spacial score (nSPS) is 12.9. The molecule has 0 spiro atoms. The Bertz CT molecular complexity index is 1420. The fourth-order valence-electron chi connectivity index (χ4n) is 7.60. The summed E-state index contributed by atoms with van der Waals surface area (Å²) in [5.41, 5.74) is 0. The molecule has 6 nitrogen and oxygen atoms in total. The van der Waals surface area contributed by atoms with Crippen LogP contribution >= 0.6 is 0 Å². The molecule has 0 saturated heterocycles. The topological polar surface area (TPSA) is 78.9 Å². The summed E-state index contributed by atoms with van der Waals surface area (Å²) in [7, 11) is 0. The predicted octanol–water partition coefficient (Wildman–Crippen LogP) is 19.1. The van der Waals surface area contributed by atoms with E-state index in [4.69, 9.17) is 14.2 Å². The van der Waals surface area contributed by atoms with E-state index < -0.39 is 6.10 Å². The first-order valence-corrected chi connectivity index (χ1v) is 28.4.